The molecule has 1 heterocycles. The Morgan fingerprint density at radius 1 is 1.50 bits per heavy atom. The van der Waals surface area contributed by atoms with Gasteiger partial charge in [0, 0.05) is 12.6 Å². The zero-order valence-corrected chi connectivity index (χ0v) is 13.3. The number of hydrogen-bond donors (Lipinski definition) is 2. The van der Waals surface area contributed by atoms with Gasteiger partial charge in [0.2, 0.25) is 10.0 Å². The molecule has 0 aromatic carbocycles. The summed E-state index contributed by atoms with van der Waals surface area (Å²) in [5.41, 5.74) is 1.000. The van der Waals surface area contributed by atoms with E-state index in [-0.39, 0.29) is 6.04 Å². The fourth-order valence-corrected chi connectivity index (χ4v) is 4.56. The van der Waals surface area contributed by atoms with E-state index in [1.54, 1.807) is 17.8 Å². The van der Waals surface area contributed by atoms with Gasteiger partial charge in [-0.15, -0.1) is 11.3 Å². The highest BCUT2D eigenvalue weighted by Gasteiger charge is 2.19. The van der Waals surface area contributed by atoms with Crippen LogP contribution in [0.5, 0.6) is 0 Å². The first-order valence-corrected chi connectivity index (χ1v) is 9.48. The Hall–Kier alpha value is -0.0800. The molecule has 0 amide bonds. The van der Waals surface area contributed by atoms with Gasteiger partial charge in [0.05, 0.1) is 0 Å². The molecule has 1 aromatic heterocycles. The highest BCUT2D eigenvalue weighted by atomic mass is 32.2. The van der Waals surface area contributed by atoms with Gasteiger partial charge >= 0.3 is 0 Å². The van der Waals surface area contributed by atoms with Gasteiger partial charge in [-0.1, -0.05) is 0 Å². The van der Waals surface area contributed by atoms with Gasteiger partial charge < -0.3 is 5.32 Å². The minimum atomic E-state index is -3.36. The van der Waals surface area contributed by atoms with Crippen molar-refractivity contribution in [3.63, 3.8) is 0 Å². The molecule has 4 nitrogen and oxygen atoms in total. The summed E-state index contributed by atoms with van der Waals surface area (Å²) in [4.78, 5) is 0. The van der Waals surface area contributed by atoms with Crippen molar-refractivity contribution in [2.75, 3.05) is 19.1 Å². The van der Waals surface area contributed by atoms with Crippen LogP contribution in [0.25, 0.3) is 0 Å². The second-order valence-electron chi connectivity index (χ2n) is 4.11. The molecule has 0 saturated carbocycles. The van der Waals surface area contributed by atoms with E-state index >= 15 is 0 Å². The Labute approximate surface area is 118 Å². The second kappa shape index (κ2) is 7.49. The van der Waals surface area contributed by atoms with Crippen molar-refractivity contribution in [1.82, 2.24) is 10.0 Å². The van der Waals surface area contributed by atoms with E-state index in [1.807, 2.05) is 25.6 Å². The SMILES string of the molecule is CNCc1csc(S(=O)(=O)NC(C)CCSC)c1. The minimum Gasteiger partial charge on any atom is -0.316 e. The number of sulfonamides is 1. The summed E-state index contributed by atoms with van der Waals surface area (Å²) in [6.45, 7) is 2.59. The molecule has 1 aromatic rings. The Balaban J connectivity index is 2.67. The summed E-state index contributed by atoms with van der Waals surface area (Å²) in [6, 6.07) is 1.70. The standard InChI is InChI=1S/C11H20N2O2S3/c1-9(4-5-16-3)13-18(14,15)11-6-10(7-12-2)8-17-11/h6,8-9,12-13H,4-5,7H2,1-3H3. The number of thiophene rings is 1. The maximum absolute atomic E-state index is 12.1. The van der Waals surface area contributed by atoms with Gasteiger partial charge in [-0.2, -0.15) is 11.8 Å². The van der Waals surface area contributed by atoms with Crippen molar-refractivity contribution in [3.8, 4) is 0 Å². The molecule has 1 unspecified atom stereocenters. The first-order chi connectivity index (χ1) is 8.49. The van der Waals surface area contributed by atoms with E-state index in [0.717, 1.165) is 17.7 Å². The maximum atomic E-state index is 12.1. The van der Waals surface area contributed by atoms with Crippen molar-refractivity contribution in [1.29, 1.82) is 0 Å². The number of hydrogen-bond acceptors (Lipinski definition) is 5. The van der Waals surface area contributed by atoms with Crippen molar-refractivity contribution >= 4 is 33.1 Å². The Kier molecular flexibility index (Phi) is 6.65. The van der Waals surface area contributed by atoms with Crippen LogP contribution in [0.1, 0.15) is 18.9 Å². The third kappa shape index (κ3) is 4.89. The van der Waals surface area contributed by atoms with E-state index in [4.69, 9.17) is 0 Å². The normalized spacial score (nSPS) is 13.7. The first kappa shape index (κ1) is 16.0. The summed E-state index contributed by atoms with van der Waals surface area (Å²) in [5.74, 6) is 0.957. The molecular weight excluding hydrogens is 288 g/mol. The first-order valence-electron chi connectivity index (χ1n) is 5.73. The van der Waals surface area contributed by atoms with Crippen LogP contribution in [0.3, 0.4) is 0 Å². The largest absolute Gasteiger partial charge is 0.316 e. The van der Waals surface area contributed by atoms with E-state index < -0.39 is 10.0 Å². The summed E-state index contributed by atoms with van der Waals surface area (Å²) in [5, 5.41) is 4.88. The fourth-order valence-electron chi connectivity index (χ4n) is 1.47. The molecular formula is C11H20N2O2S3. The number of nitrogens with one attached hydrogen (secondary N) is 2. The molecule has 0 spiro atoms. The van der Waals surface area contributed by atoms with Gasteiger partial charge in [-0.25, -0.2) is 13.1 Å². The number of rotatable bonds is 8. The average Bonchev–Trinajstić information content (AvgIpc) is 2.75. The zero-order chi connectivity index (χ0) is 13.6. The van der Waals surface area contributed by atoms with Crippen LogP contribution >= 0.6 is 23.1 Å². The van der Waals surface area contributed by atoms with Gasteiger partial charge in [0.15, 0.2) is 0 Å². The van der Waals surface area contributed by atoms with Crippen molar-refractivity contribution in [2.24, 2.45) is 0 Å². The maximum Gasteiger partial charge on any atom is 0.250 e. The highest BCUT2D eigenvalue weighted by Crippen LogP contribution is 2.20. The van der Waals surface area contributed by atoms with Crippen LogP contribution in [0, 0.1) is 0 Å². The lowest BCUT2D eigenvalue weighted by atomic mass is 10.3. The minimum absolute atomic E-state index is 0.0303. The van der Waals surface area contributed by atoms with Crippen molar-refractivity contribution in [2.45, 2.75) is 30.1 Å². The van der Waals surface area contributed by atoms with Gasteiger partial charge in [-0.05, 0) is 49.4 Å². The average molecular weight is 308 g/mol. The van der Waals surface area contributed by atoms with Crippen LogP contribution < -0.4 is 10.0 Å². The molecule has 7 heteroatoms. The van der Waals surface area contributed by atoms with Crippen molar-refractivity contribution in [3.05, 3.63) is 17.0 Å². The third-order valence-electron chi connectivity index (χ3n) is 2.39. The van der Waals surface area contributed by atoms with Crippen LogP contribution in [-0.4, -0.2) is 33.5 Å². The summed E-state index contributed by atoms with van der Waals surface area (Å²) >= 11 is 2.99. The van der Waals surface area contributed by atoms with Gasteiger partial charge in [0.1, 0.15) is 4.21 Å². The van der Waals surface area contributed by atoms with Gasteiger partial charge in [-0.3, -0.25) is 0 Å². The predicted octanol–water partition coefficient (Wildman–Crippen LogP) is 1.89. The zero-order valence-electron chi connectivity index (χ0n) is 10.9. The van der Waals surface area contributed by atoms with Crippen LogP contribution in [0.4, 0.5) is 0 Å². The predicted molar refractivity (Wildman–Crippen MR) is 79.9 cm³/mol. The number of thioether (sulfide) groups is 1. The Morgan fingerprint density at radius 2 is 2.22 bits per heavy atom. The molecule has 18 heavy (non-hydrogen) atoms. The summed E-state index contributed by atoms with van der Waals surface area (Å²) < 4.78 is 27.3. The molecule has 0 radical (unpaired) electrons. The lowest BCUT2D eigenvalue weighted by Crippen LogP contribution is -2.32. The Morgan fingerprint density at radius 3 is 2.83 bits per heavy atom. The van der Waals surface area contributed by atoms with Crippen LogP contribution in [0.2, 0.25) is 0 Å². The molecule has 0 fully saturated rings. The molecule has 0 aliphatic heterocycles. The molecule has 104 valence electrons. The molecule has 2 N–H and O–H groups in total. The molecule has 0 saturated heterocycles. The topological polar surface area (TPSA) is 58.2 Å². The summed E-state index contributed by atoms with van der Waals surface area (Å²) in [6.07, 6.45) is 2.86. The van der Waals surface area contributed by atoms with E-state index in [2.05, 4.69) is 10.0 Å². The monoisotopic (exact) mass is 308 g/mol. The fraction of sp³-hybridized carbons (Fsp3) is 0.636. The smallest absolute Gasteiger partial charge is 0.250 e. The highest BCUT2D eigenvalue weighted by molar-refractivity contribution is 7.98. The van der Waals surface area contributed by atoms with Crippen molar-refractivity contribution < 1.29 is 8.42 Å². The van der Waals surface area contributed by atoms with E-state index in [0.29, 0.717) is 10.8 Å². The second-order valence-corrected chi connectivity index (χ2v) is 7.95. The van der Waals surface area contributed by atoms with Crippen LogP contribution in [-0.2, 0) is 16.6 Å². The molecule has 1 atom stereocenters. The van der Waals surface area contributed by atoms with Gasteiger partial charge in [0.25, 0.3) is 0 Å². The van der Waals surface area contributed by atoms with Crippen LogP contribution in [0.15, 0.2) is 15.7 Å². The lowest BCUT2D eigenvalue weighted by Gasteiger charge is -2.12. The lowest BCUT2D eigenvalue weighted by molar-refractivity contribution is 0.559. The molecule has 1 rings (SSSR count). The summed E-state index contributed by atoms with van der Waals surface area (Å²) in [7, 11) is -1.51. The molecule has 0 aliphatic carbocycles. The quantitative estimate of drug-likeness (QED) is 0.770. The Bertz CT molecular complexity index is 457. The molecule has 0 aliphatic rings. The van der Waals surface area contributed by atoms with E-state index in [1.165, 1.54) is 11.3 Å². The van der Waals surface area contributed by atoms with E-state index in [9.17, 15) is 8.42 Å². The molecule has 0 bridgehead atoms. The third-order valence-corrected chi connectivity index (χ3v) is 6.11.